The third-order valence-electron chi connectivity index (χ3n) is 6.75. The van der Waals surface area contributed by atoms with Crippen LogP contribution in [0.15, 0.2) is 57.7 Å². The van der Waals surface area contributed by atoms with Crippen LogP contribution in [-0.2, 0) is 0 Å². The number of hydrogen-bond donors (Lipinski definition) is 1. The van der Waals surface area contributed by atoms with Crippen molar-refractivity contribution < 1.29 is 9.90 Å². The highest BCUT2D eigenvalue weighted by molar-refractivity contribution is 9.10. The normalized spacial score (nSPS) is 11.3. The third kappa shape index (κ3) is 11.8. The van der Waals surface area contributed by atoms with E-state index in [1.54, 1.807) is 0 Å². The molecule has 0 spiro atoms. The summed E-state index contributed by atoms with van der Waals surface area (Å²) in [7, 11) is 0. The topological polar surface area (TPSA) is 88.9 Å². The Morgan fingerprint density at radius 1 is 0.667 bits per heavy atom. The van der Waals surface area contributed by atoms with Gasteiger partial charge in [0.15, 0.2) is 5.78 Å². The molecule has 0 unspecified atom stereocenters. The quantitative estimate of drug-likeness (QED) is 0.104. The van der Waals surface area contributed by atoms with Crippen molar-refractivity contribution >= 4 is 59.7 Å². The summed E-state index contributed by atoms with van der Waals surface area (Å²) in [5, 5.41) is 10.3. The van der Waals surface area contributed by atoms with Crippen molar-refractivity contribution in [3.05, 3.63) is 69.1 Å². The molecule has 0 radical (unpaired) electrons. The maximum Gasteiger partial charge on any atom is 0.183 e. The molecule has 6 nitrogen and oxygen atoms in total. The van der Waals surface area contributed by atoms with Crippen molar-refractivity contribution in [2.75, 3.05) is 0 Å². The van der Waals surface area contributed by atoms with E-state index in [4.69, 9.17) is 0 Å². The molecule has 1 N–H and O–H groups in total. The highest BCUT2D eigenvalue weighted by Gasteiger charge is 2.16. The average molecular weight is 705 g/mol. The number of halogens is 2. The van der Waals surface area contributed by atoms with Gasteiger partial charge in [-0.1, -0.05) is 111 Å². The number of carbonyl (C=O) groups is 1. The summed E-state index contributed by atoms with van der Waals surface area (Å²) >= 11 is 6.78. The highest BCUT2D eigenvalue weighted by atomic mass is 79.9. The fraction of sp³-hybridized carbons (Fsp3) is 0.500. The summed E-state index contributed by atoms with van der Waals surface area (Å²) < 4.78 is 1.20. The zero-order chi connectivity index (χ0) is 28.7. The van der Waals surface area contributed by atoms with E-state index >= 15 is 0 Å². The van der Waals surface area contributed by atoms with Crippen molar-refractivity contribution in [2.24, 2.45) is 0 Å². The monoisotopic (exact) mass is 702 g/mol. The second kappa shape index (κ2) is 20.6. The number of aliphatic hydroxyl groups excluding tert-OH is 1. The Morgan fingerprint density at radius 2 is 1.12 bits per heavy atom. The summed E-state index contributed by atoms with van der Waals surface area (Å²) in [5.74, 6) is 0.0756. The van der Waals surface area contributed by atoms with Gasteiger partial charge in [0.25, 0.3) is 0 Å². The molecule has 8 heteroatoms. The van der Waals surface area contributed by atoms with Crippen LogP contribution < -0.4 is 0 Å². The Bertz CT molecular complexity index is 1370. The molecule has 4 aromatic rings. The number of ketones is 1. The first kappa shape index (κ1) is 37.7. The van der Waals surface area contributed by atoms with Crippen LogP contribution in [0.5, 0.6) is 0 Å². The smallest absolute Gasteiger partial charge is 0.183 e. The molecule has 1 atom stereocenters. The van der Waals surface area contributed by atoms with E-state index in [0.29, 0.717) is 27.0 Å². The molecule has 0 saturated heterocycles. The molecule has 0 saturated carbocycles. The van der Waals surface area contributed by atoms with Crippen LogP contribution in [0.2, 0.25) is 0 Å². The van der Waals surface area contributed by atoms with Gasteiger partial charge < -0.3 is 5.11 Å². The molecule has 2 aromatic heterocycles. The standard InChI is InChI=1S/C16H21BrN2O.C16H19BrN2O.2CH4/c2*1-2-3-4-5-6-11-14(20)15-16(17)19-13-10-8-7-9-12(13)18-15;;/h7-10,14,20H,2-6,11H2,1H3;7-10H,2-6,11H2,1H3;2*1H4/t14-;;;/m0.../s1. The van der Waals surface area contributed by atoms with Gasteiger partial charge in [0.1, 0.15) is 20.6 Å². The van der Waals surface area contributed by atoms with Crippen LogP contribution in [0.3, 0.4) is 0 Å². The van der Waals surface area contributed by atoms with Gasteiger partial charge in [-0.3, -0.25) is 4.79 Å². The lowest BCUT2D eigenvalue weighted by Crippen LogP contribution is -2.05. The van der Waals surface area contributed by atoms with Crippen molar-refractivity contribution in [3.8, 4) is 0 Å². The van der Waals surface area contributed by atoms with E-state index in [9.17, 15) is 9.90 Å². The number of aromatic nitrogens is 4. The largest absolute Gasteiger partial charge is 0.387 e. The van der Waals surface area contributed by atoms with E-state index in [2.05, 4.69) is 65.6 Å². The summed E-state index contributed by atoms with van der Waals surface area (Å²) in [6, 6.07) is 15.3. The van der Waals surface area contributed by atoms with Gasteiger partial charge in [-0.05, 0) is 69.0 Å². The van der Waals surface area contributed by atoms with Gasteiger partial charge in [0.2, 0.25) is 0 Å². The second-order valence-electron chi connectivity index (χ2n) is 10.0. The van der Waals surface area contributed by atoms with Crippen LogP contribution in [0.25, 0.3) is 22.1 Å². The highest BCUT2D eigenvalue weighted by Crippen LogP contribution is 2.26. The third-order valence-corrected chi connectivity index (χ3v) is 7.89. The number of nitrogens with zero attached hydrogens (tertiary/aromatic N) is 4. The van der Waals surface area contributed by atoms with E-state index in [1.807, 2.05) is 48.5 Å². The summed E-state index contributed by atoms with van der Waals surface area (Å²) in [6.45, 7) is 4.39. The number of benzene rings is 2. The molecular formula is C34H48Br2N4O2. The summed E-state index contributed by atoms with van der Waals surface area (Å²) in [6.07, 6.45) is 12.4. The lowest BCUT2D eigenvalue weighted by Gasteiger charge is -2.12. The maximum absolute atomic E-state index is 12.2. The van der Waals surface area contributed by atoms with Crippen LogP contribution in [0.4, 0.5) is 0 Å². The minimum Gasteiger partial charge on any atom is -0.387 e. The summed E-state index contributed by atoms with van der Waals surface area (Å²) in [4.78, 5) is 30.0. The van der Waals surface area contributed by atoms with Crippen molar-refractivity contribution in [2.45, 2.75) is 112 Å². The fourth-order valence-corrected chi connectivity index (χ4v) is 5.49. The SMILES string of the molecule is C.C.CCCCCCCC(=O)c1nc2ccccc2nc1Br.CCCCCCC[C@H](O)c1nc2ccccc2nc1Br. The number of fused-ring (bicyclic) bond motifs is 2. The first-order valence-electron chi connectivity index (χ1n) is 14.5. The molecule has 230 valence electrons. The van der Waals surface area contributed by atoms with Gasteiger partial charge in [-0.15, -0.1) is 0 Å². The van der Waals surface area contributed by atoms with E-state index in [-0.39, 0.29) is 20.6 Å². The van der Waals surface area contributed by atoms with Crippen molar-refractivity contribution in [1.29, 1.82) is 0 Å². The Labute approximate surface area is 269 Å². The number of rotatable bonds is 14. The zero-order valence-corrected chi connectivity index (χ0v) is 26.8. The lowest BCUT2D eigenvalue weighted by molar-refractivity contribution is 0.0973. The van der Waals surface area contributed by atoms with Crippen LogP contribution >= 0.6 is 31.9 Å². The number of aliphatic hydroxyl groups is 1. The predicted molar refractivity (Wildman–Crippen MR) is 184 cm³/mol. The molecule has 42 heavy (non-hydrogen) atoms. The predicted octanol–water partition coefficient (Wildman–Crippen LogP) is 11.0. The Balaban J connectivity index is 0.000000401. The lowest BCUT2D eigenvalue weighted by atomic mass is 10.1. The molecule has 0 bridgehead atoms. The number of unbranched alkanes of at least 4 members (excludes halogenated alkanes) is 8. The van der Waals surface area contributed by atoms with Crippen LogP contribution in [0.1, 0.15) is 128 Å². The second-order valence-corrected chi connectivity index (χ2v) is 11.5. The van der Waals surface area contributed by atoms with Crippen LogP contribution in [-0.4, -0.2) is 30.8 Å². The fourth-order valence-electron chi connectivity index (χ4n) is 4.45. The molecular weight excluding hydrogens is 656 g/mol. The number of Topliss-reactive ketones (excluding diaryl/α,β-unsaturated/α-hetero) is 1. The van der Waals surface area contributed by atoms with Crippen molar-refractivity contribution in [1.82, 2.24) is 19.9 Å². The molecule has 4 rings (SSSR count). The zero-order valence-electron chi connectivity index (χ0n) is 23.6. The van der Waals surface area contributed by atoms with Gasteiger partial charge in [-0.25, -0.2) is 19.9 Å². The van der Waals surface area contributed by atoms with Gasteiger partial charge >= 0.3 is 0 Å². The van der Waals surface area contributed by atoms with E-state index < -0.39 is 6.10 Å². The van der Waals surface area contributed by atoms with Gasteiger partial charge in [-0.2, -0.15) is 0 Å². The minimum absolute atomic E-state index is 0. The number of para-hydroxylation sites is 4. The Kier molecular flexibility index (Phi) is 18.5. The van der Waals surface area contributed by atoms with Gasteiger partial charge in [0.05, 0.1) is 28.2 Å². The van der Waals surface area contributed by atoms with E-state index in [0.717, 1.165) is 47.8 Å². The Hall–Kier alpha value is -2.29. The molecule has 0 aliphatic rings. The molecule has 2 heterocycles. The number of hydrogen-bond acceptors (Lipinski definition) is 6. The molecule has 0 aliphatic carbocycles. The van der Waals surface area contributed by atoms with E-state index in [1.165, 1.54) is 44.9 Å². The Morgan fingerprint density at radius 3 is 1.67 bits per heavy atom. The molecule has 0 amide bonds. The first-order valence-corrected chi connectivity index (χ1v) is 16.1. The number of carbonyl (C=O) groups excluding carboxylic acids is 1. The average Bonchev–Trinajstić information content (AvgIpc) is 2.96. The minimum atomic E-state index is -0.539. The van der Waals surface area contributed by atoms with Crippen LogP contribution in [0, 0.1) is 0 Å². The molecule has 0 aliphatic heterocycles. The molecule has 0 fully saturated rings. The van der Waals surface area contributed by atoms with Crippen molar-refractivity contribution in [3.63, 3.8) is 0 Å². The molecule has 2 aromatic carbocycles. The first-order chi connectivity index (χ1) is 19.4. The van der Waals surface area contributed by atoms with Gasteiger partial charge in [0, 0.05) is 6.42 Å². The summed E-state index contributed by atoms with van der Waals surface area (Å²) in [5.41, 5.74) is 4.36. The maximum atomic E-state index is 12.2.